The number of likely N-dealkylation sites (tertiary alicyclic amines) is 1. The van der Waals surface area contributed by atoms with Gasteiger partial charge in [-0.2, -0.15) is 13.2 Å². The van der Waals surface area contributed by atoms with E-state index in [9.17, 15) is 13.2 Å². The minimum atomic E-state index is -4.12. The molecular weight excluding hydrogens is 465 g/mol. The van der Waals surface area contributed by atoms with E-state index in [2.05, 4.69) is 70.3 Å². The normalized spacial score (nSPS) is 15.9. The standard InChI is InChI=1S/C25H24BrF3N2/c1-17-5-10-21(22(15-17)23-3-2-4-24(26)30-23)20-8-6-18(7-9-20)19-11-13-31(14-12-19)16-25(27,28)29/h2-10,15,19H,11-14,16H2,1H3. The summed E-state index contributed by atoms with van der Waals surface area (Å²) in [6.07, 6.45) is -2.61. The molecule has 0 N–H and O–H groups in total. The van der Waals surface area contributed by atoms with Gasteiger partial charge in [-0.1, -0.05) is 48.0 Å². The summed E-state index contributed by atoms with van der Waals surface area (Å²) in [4.78, 5) is 6.13. The lowest BCUT2D eigenvalue weighted by atomic mass is 9.87. The van der Waals surface area contributed by atoms with E-state index in [1.54, 1.807) is 0 Å². The Morgan fingerprint density at radius 1 is 0.968 bits per heavy atom. The Morgan fingerprint density at radius 2 is 1.68 bits per heavy atom. The van der Waals surface area contributed by atoms with E-state index >= 15 is 0 Å². The van der Waals surface area contributed by atoms with Crippen molar-refractivity contribution in [1.82, 2.24) is 9.88 Å². The molecule has 1 fully saturated rings. The Kier molecular flexibility index (Phi) is 6.49. The number of hydrogen-bond acceptors (Lipinski definition) is 2. The fourth-order valence-corrected chi connectivity index (χ4v) is 4.64. The molecule has 0 saturated carbocycles. The van der Waals surface area contributed by atoms with E-state index in [1.165, 1.54) is 16.0 Å². The molecule has 0 atom stereocenters. The van der Waals surface area contributed by atoms with Gasteiger partial charge in [0, 0.05) is 5.56 Å². The van der Waals surface area contributed by atoms with Gasteiger partial charge in [0.15, 0.2) is 0 Å². The summed E-state index contributed by atoms with van der Waals surface area (Å²) in [5.41, 5.74) is 6.58. The molecule has 1 saturated heterocycles. The number of pyridine rings is 1. The van der Waals surface area contributed by atoms with E-state index in [-0.39, 0.29) is 0 Å². The summed E-state index contributed by atoms with van der Waals surface area (Å²) in [6.45, 7) is 2.24. The van der Waals surface area contributed by atoms with Crippen molar-refractivity contribution >= 4 is 15.9 Å². The summed E-state index contributed by atoms with van der Waals surface area (Å²) >= 11 is 3.46. The fraction of sp³-hybridized carbons (Fsp3) is 0.320. The molecule has 0 amide bonds. The maximum absolute atomic E-state index is 12.6. The highest BCUT2D eigenvalue weighted by Crippen LogP contribution is 2.35. The molecule has 1 aromatic heterocycles. The van der Waals surface area contributed by atoms with Crippen LogP contribution in [0.4, 0.5) is 13.2 Å². The lowest BCUT2D eigenvalue weighted by molar-refractivity contribution is -0.147. The van der Waals surface area contributed by atoms with Crippen LogP contribution in [0.1, 0.15) is 29.9 Å². The van der Waals surface area contributed by atoms with Gasteiger partial charge >= 0.3 is 6.18 Å². The number of aryl methyl sites for hydroxylation is 1. The first-order valence-corrected chi connectivity index (χ1v) is 11.2. The molecular formula is C25H24BrF3N2. The molecule has 31 heavy (non-hydrogen) atoms. The second-order valence-electron chi connectivity index (χ2n) is 8.18. The van der Waals surface area contributed by atoms with E-state index in [1.807, 2.05) is 18.2 Å². The summed E-state index contributed by atoms with van der Waals surface area (Å²) in [5, 5.41) is 0. The summed E-state index contributed by atoms with van der Waals surface area (Å²) in [5.74, 6) is 0.308. The first-order valence-electron chi connectivity index (χ1n) is 10.4. The molecule has 0 radical (unpaired) electrons. The maximum Gasteiger partial charge on any atom is 0.401 e. The summed E-state index contributed by atoms with van der Waals surface area (Å²) in [6, 6.07) is 20.7. The van der Waals surface area contributed by atoms with Crippen LogP contribution in [0, 0.1) is 6.92 Å². The molecule has 0 spiro atoms. The maximum atomic E-state index is 12.6. The zero-order valence-corrected chi connectivity index (χ0v) is 18.9. The molecule has 2 aromatic carbocycles. The van der Waals surface area contributed by atoms with Gasteiger partial charge < -0.3 is 0 Å². The minimum absolute atomic E-state index is 0.308. The minimum Gasteiger partial charge on any atom is -0.295 e. The van der Waals surface area contributed by atoms with Crippen LogP contribution < -0.4 is 0 Å². The molecule has 1 aliphatic rings. The van der Waals surface area contributed by atoms with E-state index < -0.39 is 12.7 Å². The highest BCUT2D eigenvalue weighted by Gasteiger charge is 2.32. The molecule has 1 aliphatic heterocycles. The number of alkyl halides is 3. The van der Waals surface area contributed by atoms with Crippen molar-refractivity contribution in [3.05, 3.63) is 76.4 Å². The predicted molar refractivity (Wildman–Crippen MR) is 122 cm³/mol. The lowest BCUT2D eigenvalue weighted by Gasteiger charge is -2.32. The number of piperidine rings is 1. The molecule has 162 valence electrons. The molecule has 3 aromatic rings. The molecule has 0 aliphatic carbocycles. The number of hydrogen-bond donors (Lipinski definition) is 0. The van der Waals surface area contributed by atoms with Crippen molar-refractivity contribution in [2.24, 2.45) is 0 Å². The van der Waals surface area contributed by atoms with Gasteiger partial charge in [-0.25, -0.2) is 4.98 Å². The molecule has 0 unspecified atom stereocenters. The monoisotopic (exact) mass is 488 g/mol. The van der Waals surface area contributed by atoms with Crippen LogP contribution in [0.3, 0.4) is 0 Å². The van der Waals surface area contributed by atoms with E-state index in [4.69, 9.17) is 0 Å². The number of aromatic nitrogens is 1. The second kappa shape index (κ2) is 9.13. The van der Waals surface area contributed by atoms with E-state index in [0.717, 1.165) is 39.8 Å². The highest BCUT2D eigenvalue weighted by molar-refractivity contribution is 9.10. The third-order valence-electron chi connectivity index (χ3n) is 5.85. The van der Waals surface area contributed by atoms with Gasteiger partial charge in [-0.3, -0.25) is 4.90 Å². The zero-order valence-electron chi connectivity index (χ0n) is 17.3. The average Bonchev–Trinajstić information content (AvgIpc) is 2.73. The molecule has 2 nitrogen and oxygen atoms in total. The van der Waals surface area contributed by atoms with Gasteiger partial charge in [0.1, 0.15) is 4.60 Å². The van der Waals surface area contributed by atoms with Crippen LogP contribution >= 0.6 is 15.9 Å². The number of benzene rings is 2. The Hall–Kier alpha value is -2.18. The van der Waals surface area contributed by atoms with Crippen LogP contribution in [0.15, 0.2) is 65.3 Å². The zero-order chi connectivity index (χ0) is 22.0. The number of halogens is 4. The van der Waals surface area contributed by atoms with Crippen LogP contribution in [-0.2, 0) is 0 Å². The quantitative estimate of drug-likeness (QED) is 0.360. The Balaban J connectivity index is 1.53. The molecule has 2 heterocycles. The smallest absolute Gasteiger partial charge is 0.295 e. The van der Waals surface area contributed by atoms with Gasteiger partial charge in [0.05, 0.1) is 12.2 Å². The van der Waals surface area contributed by atoms with Crippen LogP contribution in [0.25, 0.3) is 22.4 Å². The summed E-state index contributed by atoms with van der Waals surface area (Å²) < 4.78 is 38.7. The average molecular weight is 489 g/mol. The van der Waals surface area contributed by atoms with Crippen LogP contribution in [0.2, 0.25) is 0 Å². The fourth-order valence-electron chi connectivity index (χ4n) is 4.29. The Morgan fingerprint density at radius 3 is 2.32 bits per heavy atom. The number of nitrogens with zero attached hydrogens (tertiary/aromatic N) is 2. The van der Waals surface area contributed by atoms with E-state index in [0.29, 0.717) is 19.0 Å². The van der Waals surface area contributed by atoms with Crippen LogP contribution in [-0.4, -0.2) is 35.7 Å². The van der Waals surface area contributed by atoms with Gasteiger partial charge in [-0.15, -0.1) is 0 Å². The SMILES string of the molecule is Cc1ccc(-c2ccc(C3CCN(CC(F)(F)F)CC3)cc2)c(-c2cccc(Br)n2)c1. The van der Waals surface area contributed by atoms with Crippen molar-refractivity contribution in [1.29, 1.82) is 0 Å². The number of rotatable bonds is 4. The Labute approximate surface area is 189 Å². The summed E-state index contributed by atoms with van der Waals surface area (Å²) in [7, 11) is 0. The second-order valence-corrected chi connectivity index (χ2v) is 8.99. The van der Waals surface area contributed by atoms with Crippen molar-refractivity contribution in [3.63, 3.8) is 0 Å². The largest absolute Gasteiger partial charge is 0.401 e. The third-order valence-corrected chi connectivity index (χ3v) is 6.29. The van der Waals surface area contributed by atoms with Gasteiger partial charge in [0.2, 0.25) is 0 Å². The predicted octanol–water partition coefficient (Wildman–Crippen LogP) is 7.23. The van der Waals surface area contributed by atoms with Gasteiger partial charge in [-0.05, 0) is 89.6 Å². The van der Waals surface area contributed by atoms with Gasteiger partial charge in [0.25, 0.3) is 0 Å². The Bertz CT molecular complexity index is 1040. The first kappa shape index (κ1) is 22.0. The highest BCUT2D eigenvalue weighted by atomic mass is 79.9. The van der Waals surface area contributed by atoms with Crippen LogP contribution in [0.5, 0.6) is 0 Å². The van der Waals surface area contributed by atoms with Crippen molar-refractivity contribution in [2.75, 3.05) is 19.6 Å². The topological polar surface area (TPSA) is 16.1 Å². The van der Waals surface area contributed by atoms with Crippen molar-refractivity contribution < 1.29 is 13.2 Å². The first-order chi connectivity index (χ1) is 14.8. The van der Waals surface area contributed by atoms with Crippen molar-refractivity contribution in [3.8, 4) is 22.4 Å². The molecule has 6 heteroatoms. The molecule has 0 bridgehead atoms. The third kappa shape index (κ3) is 5.55. The lowest BCUT2D eigenvalue weighted by Crippen LogP contribution is -2.39. The van der Waals surface area contributed by atoms with Crippen molar-refractivity contribution in [2.45, 2.75) is 31.9 Å². The molecule has 4 rings (SSSR count).